The molecule has 1 amide bonds. The van der Waals surface area contributed by atoms with E-state index in [4.69, 9.17) is 11.6 Å². The lowest BCUT2D eigenvalue weighted by molar-refractivity contribution is 0.102. The molecular formula is C10H6ClFN4O. The van der Waals surface area contributed by atoms with Crippen LogP contribution in [0.5, 0.6) is 0 Å². The molecule has 0 unspecified atom stereocenters. The van der Waals surface area contributed by atoms with Crippen LogP contribution in [0.3, 0.4) is 0 Å². The van der Waals surface area contributed by atoms with Gasteiger partial charge in [0.25, 0.3) is 5.91 Å². The van der Waals surface area contributed by atoms with Crippen LogP contribution >= 0.6 is 11.6 Å². The highest BCUT2D eigenvalue weighted by Gasteiger charge is 2.08. The van der Waals surface area contributed by atoms with Crippen LogP contribution in [0.4, 0.5) is 10.2 Å². The standard InChI is InChI=1S/C10H6ClFN4O/c11-8-5-13-7(4-14-8)10(17)16-9-2-1-6(12)3-15-9/h1-5H,(H,15,16,17). The first-order chi connectivity index (χ1) is 8.15. The van der Waals surface area contributed by atoms with E-state index < -0.39 is 11.7 Å². The minimum atomic E-state index is -0.492. The fourth-order valence-corrected chi connectivity index (χ4v) is 1.16. The maximum absolute atomic E-state index is 12.6. The van der Waals surface area contributed by atoms with Crippen molar-refractivity contribution in [3.63, 3.8) is 0 Å². The Morgan fingerprint density at radius 2 is 2.00 bits per heavy atom. The summed E-state index contributed by atoms with van der Waals surface area (Å²) < 4.78 is 12.6. The number of hydrogen-bond donors (Lipinski definition) is 1. The topological polar surface area (TPSA) is 67.8 Å². The number of rotatable bonds is 2. The molecule has 0 aliphatic heterocycles. The van der Waals surface area contributed by atoms with E-state index in [1.54, 1.807) is 0 Å². The number of nitrogens with zero attached hydrogens (tertiary/aromatic N) is 3. The first-order valence-electron chi connectivity index (χ1n) is 4.55. The van der Waals surface area contributed by atoms with Crippen molar-refractivity contribution in [1.82, 2.24) is 15.0 Å². The zero-order chi connectivity index (χ0) is 12.3. The number of hydrogen-bond acceptors (Lipinski definition) is 4. The summed E-state index contributed by atoms with van der Waals surface area (Å²) >= 11 is 5.53. The second kappa shape index (κ2) is 4.84. The van der Waals surface area contributed by atoms with Crippen LogP contribution in [0, 0.1) is 5.82 Å². The molecular weight excluding hydrogens is 247 g/mol. The van der Waals surface area contributed by atoms with Crippen LogP contribution < -0.4 is 5.32 Å². The molecule has 5 nitrogen and oxygen atoms in total. The molecule has 0 aliphatic rings. The van der Waals surface area contributed by atoms with E-state index in [1.165, 1.54) is 24.5 Å². The van der Waals surface area contributed by atoms with Crippen molar-refractivity contribution in [2.24, 2.45) is 0 Å². The Labute approximate surface area is 101 Å². The molecule has 0 aliphatic carbocycles. The quantitative estimate of drug-likeness (QED) is 0.887. The third kappa shape index (κ3) is 2.94. The lowest BCUT2D eigenvalue weighted by Gasteiger charge is -2.02. The van der Waals surface area contributed by atoms with Crippen LogP contribution in [0.25, 0.3) is 0 Å². The summed E-state index contributed by atoms with van der Waals surface area (Å²) in [6.07, 6.45) is 3.50. The summed E-state index contributed by atoms with van der Waals surface area (Å²) in [6.45, 7) is 0. The van der Waals surface area contributed by atoms with Gasteiger partial charge in [-0.1, -0.05) is 11.6 Å². The zero-order valence-electron chi connectivity index (χ0n) is 8.39. The number of amides is 1. The fourth-order valence-electron chi connectivity index (χ4n) is 1.06. The number of anilines is 1. The molecule has 0 atom stereocenters. The molecule has 86 valence electrons. The van der Waals surface area contributed by atoms with Gasteiger partial charge >= 0.3 is 0 Å². The highest BCUT2D eigenvalue weighted by atomic mass is 35.5. The summed E-state index contributed by atoms with van der Waals surface area (Å²) in [5.74, 6) is -0.740. The SMILES string of the molecule is O=C(Nc1ccc(F)cn1)c1cnc(Cl)cn1. The van der Waals surface area contributed by atoms with Crippen molar-refractivity contribution >= 4 is 23.3 Å². The van der Waals surface area contributed by atoms with Crippen molar-refractivity contribution < 1.29 is 9.18 Å². The van der Waals surface area contributed by atoms with Gasteiger partial charge in [-0.3, -0.25) is 4.79 Å². The number of carbonyl (C=O) groups excluding carboxylic acids is 1. The summed E-state index contributed by atoms with van der Waals surface area (Å²) in [5.41, 5.74) is 0.0977. The largest absolute Gasteiger partial charge is 0.305 e. The third-order valence-corrected chi connectivity index (χ3v) is 2.02. The number of pyridine rings is 1. The average Bonchev–Trinajstić information content (AvgIpc) is 2.33. The van der Waals surface area contributed by atoms with Crippen molar-refractivity contribution in [2.45, 2.75) is 0 Å². The van der Waals surface area contributed by atoms with Gasteiger partial charge in [-0.25, -0.2) is 19.3 Å². The van der Waals surface area contributed by atoms with Gasteiger partial charge in [0, 0.05) is 0 Å². The number of halogens is 2. The summed E-state index contributed by atoms with van der Waals surface area (Å²) in [6, 6.07) is 2.53. The first kappa shape index (κ1) is 11.4. The first-order valence-corrected chi connectivity index (χ1v) is 4.93. The lowest BCUT2D eigenvalue weighted by Crippen LogP contribution is -2.14. The molecule has 1 N–H and O–H groups in total. The Morgan fingerprint density at radius 3 is 2.59 bits per heavy atom. The Morgan fingerprint density at radius 1 is 1.18 bits per heavy atom. The van der Waals surface area contributed by atoms with E-state index in [0.717, 1.165) is 6.20 Å². The highest BCUT2D eigenvalue weighted by molar-refractivity contribution is 6.29. The molecule has 2 heterocycles. The molecule has 2 aromatic rings. The van der Waals surface area contributed by atoms with Gasteiger partial charge in [-0.15, -0.1) is 0 Å². The second-order valence-corrected chi connectivity index (χ2v) is 3.43. The Balaban J connectivity index is 2.11. The Bertz CT molecular complexity index is 529. The van der Waals surface area contributed by atoms with Gasteiger partial charge in [-0.2, -0.15) is 0 Å². The van der Waals surface area contributed by atoms with E-state index in [1.807, 2.05) is 0 Å². The molecule has 0 saturated carbocycles. The molecule has 0 fully saturated rings. The number of carbonyl (C=O) groups is 1. The molecule has 2 rings (SSSR count). The predicted molar refractivity (Wildman–Crippen MR) is 59.2 cm³/mol. The summed E-state index contributed by atoms with van der Waals surface area (Å²) in [5, 5.41) is 2.64. The average molecular weight is 253 g/mol. The number of aromatic nitrogens is 3. The van der Waals surface area contributed by atoms with Crippen molar-refractivity contribution in [2.75, 3.05) is 5.32 Å². The van der Waals surface area contributed by atoms with Gasteiger partial charge in [0.05, 0.1) is 18.6 Å². The van der Waals surface area contributed by atoms with Gasteiger partial charge < -0.3 is 5.32 Å². The predicted octanol–water partition coefficient (Wildman–Crippen LogP) is 1.92. The van der Waals surface area contributed by atoms with Gasteiger partial charge in [0.2, 0.25) is 0 Å². The molecule has 7 heteroatoms. The maximum atomic E-state index is 12.6. The highest BCUT2D eigenvalue weighted by Crippen LogP contribution is 2.06. The van der Waals surface area contributed by atoms with Crippen LogP contribution in [0.1, 0.15) is 10.5 Å². The lowest BCUT2D eigenvalue weighted by atomic mass is 10.4. The van der Waals surface area contributed by atoms with Crippen LogP contribution in [-0.2, 0) is 0 Å². The molecule has 0 radical (unpaired) electrons. The maximum Gasteiger partial charge on any atom is 0.277 e. The molecule has 0 bridgehead atoms. The van der Waals surface area contributed by atoms with E-state index >= 15 is 0 Å². The Kier molecular flexibility index (Phi) is 3.24. The van der Waals surface area contributed by atoms with Gasteiger partial charge in [0.15, 0.2) is 0 Å². The third-order valence-electron chi connectivity index (χ3n) is 1.82. The normalized spacial score (nSPS) is 10.0. The molecule has 0 aromatic carbocycles. The minimum absolute atomic E-state index is 0.0977. The monoisotopic (exact) mass is 252 g/mol. The molecule has 0 spiro atoms. The number of nitrogens with one attached hydrogen (secondary N) is 1. The molecule has 17 heavy (non-hydrogen) atoms. The van der Waals surface area contributed by atoms with Crippen molar-refractivity contribution in [3.8, 4) is 0 Å². The molecule has 0 saturated heterocycles. The van der Waals surface area contributed by atoms with Crippen LogP contribution in [0.15, 0.2) is 30.7 Å². The smallest absolute Gasteiger partial charge is 0.277 e. The van der Waals surface area contributed by atoms with E-state index in [0.29, 0.717) is 0 Å². The minimum Gasteiger partial charge on any atom is -0.305 e. The zero-order valence-corrected chi connectivity index (χ0v) is 9.15. The molecule has 2 aromatic heterocycles. The second-order valence-electron chi connectivity index (χ2n) is 3.04. The summed E-state index contributed by atoms with van der Waals surface area (Å²) in [7, 11) is 0. The van der Waals surface area contributed by atoms with Crippen molar-refractivity contribution in [1.29, 1.82) is 0 Å². The summed E-state index contributed by atoms with van der Waals surface area (Å²) in [4.78, 5) is 22.8. The van der Waals surface area contributed by atoms with Gasteiger partial charge in [-0.05, 0) is 12.1 Å². The van der Waals surface area contributed by atoms with Crippen LogP contribution in [-0.4, -0.2) is 20.9 Å². The van der Waals surface area contributed by atoms with E-state index in [-0.39, 0.29) is 16.7 Å². The fraction of sp³-hybridized carbons (Fsp3) is 0. The Hall–Kier alpha value is -2.08. The van der Waals surface area contributed by atoms with Gasteiger partial charge in [0.1, 0.15) is 22.5 Å². The van der Waals surface area contributed by atoms with Crippen molar-refractivity contribution in [3.05, 3.63) is 47.4 Å². The van der Waals surface area contributed by atoms with Crippen LogP contribution in [0.2, 0.25) is 5.15 Å². The van der Waals surface area contributed by atoms with E-state index in [2.05, 4.69) is 20.3 Å². The van der Waals surface area contributed by atoms with E-state index in [9.17, 15) is 9.18 Å².